The Morgan fingerprint density at radius 2 is 1.94 bits per heavy atom. The van der Waals surface area contributed by atoms with Crippen molar-refractivity contribution >= 4 is 21.6 Å². The fourth-order valence-electron chi connectivity index (χ4n) is 2.30. The zero-order valence-electron chi connectivity index (χ0n) is 9.99. The van der Waals surface area contributed by atoms with E-state index in [2.05, 4.69) is 64.0 Å². The fourth-order valence-corrected chi connectivity index (χ4v) is 2.67. The third-order valence-corrected chi connectivity index (χ3v) is 3.90. The van der Waals surface area contributed by atoms with E-state index in [1.807, 2.05) is 0 Å². The first-order chi connectivity index (χ1) is 7.70. The molecule has 1 atom stereocenters. The van der Waals surface area contributed by atoms with Gasteiger partial charge in [-0.25, -0.2) is 0 Å². The molecule has 0 N–H and O–H groups in total. The Balaban J connectivity index is 2.11. The first-order valence-electron chi connectivity index (χ1n) is 5.81. The number of nitrogens with zero attached hydrogens (tertiary/aromatic N) is 2. The summed E-state index contributed by atoms with van der Waals surface area (Å²) in [4.78, 5) is 4.89. The van der Waals surface area contributed by atoms with Crippen molar-refractivity contribution in [1.82, 2.24) is 4.90 Å². The summed E-state index contributed by atoms with van der Waals surface area (Å²) in [6.45, 7) is 5.74. The lowest BCUT2D eigenvalue weighted by atomic mass is 10.1. The monoisotopic (exact) mass is 282 g/mol. The van der Waals surface area contributed by atoms with Crippen LogP contribution in [0.25, 0.3) is 0 Å². The number of alkyl halides is 1. The minimum absolute atomic E-state index is 0.605. The van der Waals surface area contributed by atoms with Crippen LogP contribution in [0.1, 0.15) is 12.5 Å². The second-order valence-corrected chi connectivity index (χ2v) is 5.17. The van der Waals surface area contributed by atoms with Gasteiger partial charge in [-0.05, 0) is 31.7 Å². The number of benzene rings is 1. The van der Waals surface area contributed by atoms with E-state index >= 15 is 0 Å². The highest BCUT2D eigenvalue weighted by Crippen LogP contribution is 2.21. The van der Waals surface area contributed by atoms with Crippen molar-refractivity contribution in [2.75, 3.05) is 31.6 Å². The van der Waals surface area contributed by atoms with Crippen LogP contribution < -0.4 is 4.90 Å². The van der Waals surface area contributed by atoms with Crippen LogP contribution >= 0.6 is 15.9 Å². The Hall–Kier alpha value is -0.540. The zero-order chi connectivity index (χ0) is 11.5. The summed E-state index contributed by atoms with van der Waals surface area (Å²) >= 11 is 3.48. The number of hydrogen-bond donors (Lipinski definition) is 0. The molecule has 88 valence electrons. The van der Waals surface area contributed by atoms with E-state index in [0.29, 0.717) is 6.04 Å². The molecular formula is C13H19BrN2. The second-order valence-electron chi connectivity index (χ2n) is 4.60. The van der Waals surface area contributed by atoms with Crippen molar-refractivity contribution in [3.63, 3.8) is 0 Å². The van der Waals surface area contributed by atoms with Crippen LogP contribution in [0.4, 0.5) is 5.69 Å². The maximum absolute atomic E-state index is 3.48. The number of rotatable bonds is 2. The van der Waals surface area contributed by atoms with E-state index in [1.54, 1.807) is 0 Å². The number of halogens is 1. The maximum Gasteiger partial charge on any atom is 0.0389 e. The summed E-state index contributed by atoms with van der Waals surface area (Å²) in [6, 6.07) is 9.48. The molecule has 1 saturated heterocycles. The molecule has 1 aromatic carbocycles. The normalized spacial score (nSPS) is 22.4. The second kappa shape index (κ2) is 5.19. The number of anilines is 1. The lowest BCUT2D eigenvalue weighted by Crippen LogP contribution is -2.50. The molecule has 0 radical (unpaired) electrons. The van der Waals surface area contributed by atoms with E-state index in [9.17, 15) is 0 Å². The summed E-state index contributed by atoms with van der Waals surface area (Å²) < 4.78 is 0. The Morgan fingerprint density at radius 3 is 2.50 bits per heavy atom. The van der Waals surface area contributed by atoms with Crippen LogP contribution in [0.5, 0.6) is 0 Å². The van der Waals surface area contributed by atoms with E-state index < -0.39 is 0 Å². The van der Waals surface area contributed by atoms with Crippen molar-refractivity contribution in [3.05, 3.63) is 29.8 Å². The smallest absolute Gasteiger partial charge is 0.0389 e. The van der Waals surface area contributed by atoms with Gasteiger partial charge in [0.2, 0.25) is 0 Å². The van der Waals surface area contributed by atoms with Crippen LogP contribution in [-0.2, 0) is 5.33 Å². The van der Waals surface area contributed by atoms with Crippen molar-refractivity contribution < 1.29 is 0 Å². The number of hydrogen-bond acceptors (Lipinski definition) is 2. The summed E-state index contributed by atoms with van der Waals surface area (Å²) in [5.41, 5.74) is 2.69. The molecule has 0 amide bonds. The van der Waals surface area contributed by atoms with Crippen LogP contribution in [0, 0.1) is 0 Å². The molecule has 1 unspecified atom stereocenters. The Bertz CT molecular complexity index is 336. The van der Waals surface area contributed by atoms with Gasteiger partial charge < -0.3 is 9.80 Å². The third-order valence-electron chi connectivity index (χ3n) is 3.25. The first-order valence-corrected chi connectivity index (χ1v) is 6.93. The quantitative estimate of drug-likeness (QED) is 0.770. The van der Waals surface area contributed by atoms with Gasteiger partial charge in [0.1, 0.15) is 0 Å². The molecule has 1 fully saturated rings. The van der Waals surface area contributed by atoms with Gasteiger partial charge in [0.15, 0.2) is 0 Å². The van der Waals surface area contributed by atoms with E-state index in [-0.39, 0.29) is 0 Å². The number of likely N-dealkylation sites (N-methyl/N-ethyl adjacent to an activating group) is 1. The summed E-state index contributed by atoms with van der Waals surface area (Å²) in [5, 5.41) is 0.936. The Labute approximate surface area is 106 Å². The van der Waals surface area contributed by atoms with Crippen molar-refractivity contribution in [3.8, 4) is 0 Å². The predicted molar refractivity (Wildman–Crippen MR) is 73.4 cm³/mol. The lowest BCUT2D eigenvalue weighted by Gasteiger charge is -2.39. The molecule has 0 saturated carbocycles. The van der Waals surface area contributed by atoms with Gasteiger partial charge in [0.25, 0.3) is 0 Å². The molecule has 1 heterocycles. The van der Waals surface area contributed by atoms with Crippen LogP contribution in [0.3, 0.4) is 0 Å². The van der Waals surface area contributed by atoms with Gasteiger partial charge in [0.05, 0.1) is 0 Å². The lowest BCUT2D eigenvalue weighted by molar-refractivity contribution is 0.275. The first kappa shape index (κ1) is 11.9. The van der Waals surface area contributed by atoms with E-state index in [4.69, 9.17) is 0 Å². The average molecular weight is 283 g/mol. The van der Waals surface area contributed by atoms with E-state index in [1.165, 1.54) is 11.3 Å². The molecule has 3 heteroatoms. The number of piperazine rings is 1. The molecule has 0 bridgehead atoms. The van der Waals surface area contributed by atoms with Gasteiger partial charge in [-0.2, -0.15) is 0 Å². The SMILES string of the molecule is CC1CN(C)CCN1c1ccc(CBr)cc1. The molecule has 1 aliphatic rings. The molecule has 0 aromatic heterocycles. The molecule has 16 heavy (non-hydrogen) atoms. The van der Waals surface area contributed by atoms with Crippen LogP contribution in [-0.4, -0.2) is 37.6 Å². The largest absolute Gasteiger partial charge is 0.366 e. The van der Waals surface area contributed by atoms with Gasteiger partial charge in [-0.1, -0.05) is 28.1 Å². The minimum atomic E-state index is 0.605. The highest BCUT2D eigenvalue weighted by molar-refractivity contribution is 9.08. The predicted octanol–water partition coefficient (Wildman–Crippen LogP) is 2.72. The Morgan fingerprint density at radius 1 is 1.25 bits per heavy atom. The van der Waals surface area contributed by atoms with Gasteiger partial charge in [0, 0.05) is 36.7 Å². The Kier molecular flexibility index (Phi) is 3.87. The topological polar surface area (TPSA) is 6.48 Å². The van der Waals surface area contributed by atoms with Crippen molar-refractivity contribution in [1.29, 1.82) is 0 Å². The highest BCUT2D eigenvalue weighted by atomic mass is 79.9. The molecule has 2 nitrogen and oxygen atoms in total. The minimum Gasteiger partial charge on any atom is -0.366 e. The third kappa shape index (κ3) is 2.58. The summed E-state index contributed by atoms with van der Waals surface area (Å²) in [7, 11) is 2.20. The summed E-state index contributed by atoms with van der Waals surface area (Å²) in [6.07, 6.45) is 0. The molecule has 0 aliphatic carbocycles. The maximum atomic E-state index is 3.48. The molecule has 0 spiro atoms. The standard InChI is InChI=1S/C13H19BrN2/c1-11-10-15(2)7-8-16(11)13-5-3-12(9-14)4-6-13/h3-6,11H,7-10H2,1-2H3. The van der Waals surface area contributed by atoms with Crippen LogP contribution in [0.2, 0.25) is 0 Å². The molecule has 2 rings (SSSR count). The zero-order valence-corrected chi connectivity index (χ0v) is 11.6. The van der Waals surface area contributed by atoms with Crippen LogP contribution in [0.15, 0.2) is 24.3 Å². The van der Waals surface area contributed by atoms with Gasteiger partial charge in [-0.15, -0.1) is 0 Å². The van der Waals surface area contributed by atoms with Crippen molar-refractivity contribution in [2.24, 2.45) is 0 Å². The van der Waals surface area contributed by atoms with Crippen molar-refractivity contribution in [2.45, 2.75) is 18.3 Å². The average Bonchev–Trinajstić information content (AvgIpc) is 2.29. The van der Waals surface area contributed by atoms with E-state index in [0.717, 1.165) is 25.0 Å². The van der Waals surface area contributed by atoms with Gasteiger partial charge in [-0.3, -0.25) is 0 Å². The highest BCUT2D eigenvalue weighted by Gasteiger charge is 2.21. The fraction of sp³-hybridized carbons (Fsp3) is 0.538. The molecule has 1 aromatic rings. The molecular weight excluding hydrogens is 264 g/mol. The summed E-state index contributed by atoms with van der Waals surface area (Å²) in [5.74, 6) is 0. The molecule has 1 aliphatic heterocycles. The van der Waals surface area contributed by atoms with Gasteiger partial charge >= 0.3 is 0 Å².